The lowest BCUT2D eigenvalue weighted by Gasteiger charge is -2.20. The average Bonchev–Trinajstić information content (AvgIpc) is 2.99. The second-order valence-electron chi connectivity index (χ2n) is 4.28. The topological polar surface area (TPSA) is 42.2 Å². The van der Waals surface area contributed by atoms with Crippen LogP contribution in [0.2, 0.25) is 0 Å². The molecule has 0 amide bonds. The number of thiophene rings is 1. The van der Waals surface area contributed by atoms with Crippen LogP contribution in [0, 0.1) is 0 Å². The third-order valence-electron chi connectivity index (χ3n) is 2.94. The van der Waals surface area contributed by atoms with Gasteiger partial charge in [-0.25, -0.2) is 4.98 Å². The van der Waals surface area contributed by atoms with Gasteiger partial charge in [-0.15, -0.1) is 22.7 Å². The predicted molar refractivity (Wildman–Crippen MR) is 88.2 cm³/mol. The van der Waals surface area contributed by atoms with E-state index in [-0.39, 0.29) is 0 Å². The number of aromatic nitrogens is 1. The van der Waals surface area contributed by atoms with Crippen molar-refractivity contribution in [1.29, 1.82) is 0 Å². The van der Waals surface area contributed by atoms with Crippen molar-refractivity contribution in [2.45, 2.75) is 6.54 Å². The van der Waals surface area contributed by atoms with Gasteiger partial charge in [-0.3, -0.25) is 0 Å². The van der Waals surface area contributed by atoms with Crippen LogP contribution in [0.3, 0.4) is 0 Å². The number of anilines is 2. The summed E-state index contributed by atoms with van der Waals surface area (Å²) in [6.45, 7) is 0.843. The Morgan fingerprint density at radius 3 is 2.95 bits per heavy atom. The molecule has 0 bridgehead atoms. The summed E-state index contributed by atoms with van der Waals surface area (Å²) in [6, 6.07) is 6.29. The fraction of sp³-hybridized carbons (Fsp3) is 0.154. The largest absolute Gasteiger partial charge is 0.395 e. The van der Waals surface area contributed by atoms with Crippen LogP contribution >= 0.6 is 38.6 Å². The zero-order chi connectivity index (χ0) is 13.4. The minimum atomic E-state index is 0.761. The molecule has 0 atom stereocenters. The number of thiazole rings is 1. The van der Waals surface area contributed by atoms with Crippen LogP contribution < -0.4 is 10.6 Å². The lowest BCUT2D eigenvalue weighted by Crippen LogP contribution is -2.17. The van der Waals surface area contributed by atoms with Crippen molar-refractivity contribution in [3.05, 3.63) is 38.4 Å². The summed E-state index contributed by atoms with van der Waals surface area (Å²) in [6.07, 6.45) is 0. The van der Waals surface area contributed by atoms with Crippen LogP contribution in [0.25, 0.3) is 10.2 Å². The summed E-state index contributed by atoms with van der Waals surface area (Å²) < 4.78 is 2.26. The highest BCUT2D eigenvalue weighted by atomic mass is 79.9. The standard InChI is InChI=1S/C13H12BrN3S2/c1-17(5-9-4-8(14)6-18-9)10-2-3-11-13(12(10)15)16-7-19-11/h2-4,6-7H,5,15H2,1H3. The van der Waals surface area contributed by atoms with Gasteiger partial charge in [-0.1, -0.05) is 0 Å². The average molecular weight is 354 g/mol. The molecule has 3 rings (SSSR count). The SMILES string of the molecule is CN(Cc1cc(Br)cs1)c1ccc2scnc2c1N. The first-order valence-corrected chi connectivity index (χ1v) is 8.26. The minimum Gasteiger partial charge on any atom is -0.395 e. The van der Waals surface area contributed by atoms with E-state index in [1.165, 1.54) is 4.88 Å². The van der Waals surface area contributed by atoms with E-state index < -0.39 is 0 Å². The van der Waals surface area contributed by atoms with Gasteiger partial charge in [0.2, 0.25) is 0 Å². The Labute approximate surface area is 127 Å². The molecule has 0 aliphatic heterocycles. The van der Waals surface area contributed by atoms with Crippen molar-refractivity contribution < 1.29 is 0 Å². The Hall–Kier alpha value is -1.11. The summed E-state index contributed by atoms with van der Waals surface area (Å²) >= 11 is 6.83. The molecule has 0 fully saturated rings. The van der Waals surface area contributed by atoms with Gasteiger partial charge in [0, 0.05) is 21.8 Å². The fourth-order valence-corrected chi connectivity index (χ4v) is 4.23. The number of rotatable bonds is 3. The molecule has 0 aliphatic carbocycles. The summed E-state index contributed by atoms with van der Waals surface area (Å²) in [5.74, 6) is 0. The van der Waals surface area contributed by atoms with Gasteiger partial charge >= 0.3 is 0 Å². The van der Waals surface area contributed by atoms with Gasteiger partial charge in [0.15, 0.2) is 0 Å². The Kier molecular flexibility index (Phi) is 3.47. The summed E-state index contributed by atoms with van der Waals surface area (Å²) in [5.41, 5.74) is 10.8. The van der Waals surface area contributed by atoms with Crippen molar-refractivity contribution >= 4 is 60.2 Å². The molecule has 0 saturated carbocycles. The van der Waals surface area contributed by atoms with Crippen LogP contribution in [0.15, 0.2) is 33.6 Å². The zero-order valence-corrected chi connectivity index (χ0v) is 13.5. The highest BCUT2D eigenvalue weighted by Crippen LogP contribution is 2.33. The van der Waals surface area contributed by atoms with Gasteiger partial charge in [0.25, 0.3) is 0 Å². The smallest absolute Gasteiger partial charge is 0.106 e. The third-order valence-corrected chi connectivity index (χ3v) is 5.42. The number of nitrogens with zero attached hydrogens (tertiary/aromatic N) is 2. The predicted octanol–water partition coefficient (Wildman–Crippen LogP) is 4.34. The van der Waals surface area contributed by atoms with Crippen molar-refractivity contribution in [3.63, 3.8) is 0 Å². The molecule has 98 valence electrons. The van der Waals surface area contributed by atoms with Crippen molar-refractivity contribution in [1.82, 2.24) is 4.98 Å². The van der Waals surface area contributed by atoms with Gasteiger partial charge < -0.3 is 10.6 Å². The van der Waals surface area contributed by atoms with Gasteiger partial charge in [0.05, 0.1) is 28.1 Å². The molecule has 0 saturated heterocycles. The molecule has 0 radical (unpaired) electrons. The molecule has 2 aromatic heterocycles. The summed E-state index contributed by atoms with van der Waals surface area (Å²) in [5, 5.41) is 2.09. The fourth-order valence-electron chi connectivity index (χ4n) is 2.03. The number of halogens is 1. The Morgan fingerprint density at radius 1 is 1.37 bits per heavy atom. The zero-order valence-electron chi connectivity index (χ0n) is 10.3. The van der Waals surface area contributed by atoms with Crippen LogP contribution in [0.5, 0.6) is 0 Å². The maximum absolute atomic E-state index is 6.22. The van der Waals surface area contributed by atoms with Crippen molar-refractivity contribution in [2.24, 2.45) is 0 Å². The number of nitrogen functional groups attached to an aromatic ring is 1. The van der Waals surface area contributed by atoms with Crippen LogP contribution in [-0.2, 0) is 6.54 Å². The van der Waals surface area contributed by atoms with E-state index in [9.17, 15) is 0 Å². The molecule has 0 aliphatic rings. The number of nitrogens with two attached hydrogens (primary N) is 1. The molecule has 19 heavy (non-hydrogen) atoms. The van der Waals surface area contributed by atoms with Crippen LogP contribution in [-0.4, -0.2) is 12.0 Å². The highest BCUT2D eigenvalue weighted by Gasteiger charge is 2.11. The Morgan fingerprint density at radius 2 is 2.21 bits per heavy atom. The first-order valence-electron chi connectivity index (χ1n) is 5.71. The van der Waals surface area contributed by atoms with Gasteiger partial charge in [0.1, 0.15) is 5.52 Å². The second-order valence-corrected chi connectivity index (χ2v) is 7.08. The number of fused-ring (bicyclic) bond motifs is 1. The van der Waals surface area contributed by atoms with Gasteiger partial charge in [-0.2, -0.15) is 0 Å². The molecule has 0 unspecified atom stereocenters. The van der Waals surface area contributed by atoms with E-state index in [1.807, 2.05) is 5.51 Å². The molecule has 3 nitrogen and oxygen atoms in total. The lowest BCUT2D eigenvalue weighted by atomic mass is 10.2. The van der Waals surface area contributed by atoms with E-state index >= 15 is 0 Å². The van der Waals surface area contributed by atoms with E-state index in [1.54, 1.807) is 22.7 Å². The first kappa shape index (κ1) is 12.9. The van der Waals surface area contributed by atoms with Crippen molar-refractivity contribution in [3.8, 4) is 0 Å². The number of hydrogen-bond acceptors (Lipinski definition) is 5. The molecule has 1 aromatic carbocycles. The summed E-state index contributed by atoms with van der Waals surface area (Å²) in [7, 11) is 2.05. The van der Waals surface area contributed by atoms with Crippen LogP contribution in [0.1, 0.15) is 4.88 Å². The Balaban J connectivity index is 1.92. The summed E-state index contributed by atoms with van der Waals surface area (Å²) in [4.78, 5) is 7.79. The minimum absolute atomic E-state index is 0.761. The third kappa shape index (κ3) is 2.48. The maximum Gasteiger partial charge on any atom is 0.106 e. The van der Waals surface area contributed by atoms with Gasteiger partial charge in [-0.05, 0) is 34.1 Å². The number of benzene rings is 1. The molecule has 2 N–H and O–H groups in total. The molecular formula is C13H12BrN3S2. The van der Waals surface area contributed by atoms with Crippen molar-refractivity contribution in [2.75, 3.05) is 17.7 Å². The van der Waals surface area contributed by atoms with E-state index in [4.69, 9.17) is 5.73 Å². The van der Waals surface area contributed by atoms with E-state index in [2.05, 4.69) is 56.4 Å². The first-order chi connectivity index (χ1) is 9.15. The normalized spacial score (nSPS) is 11.1. The van der Waals surface area contributed by atoms with Crippen LogP contribution in [0.4, 0.5) is 11.4 Å². The van der Waals surface area contributed by atoms with E-state index in [0.29, 0.717) is 0 Å². The molecule has 2 heterocycles. The lowest BCUT2D eigenvalue weighted by molar-refractivity contribution is 0.943. The highest BCUT2D eigenvalue weighted by molar-refractivity contribution is 9.10. The Bertz CT molecular complexity index is 720. The number of hydrogen-bond donors (Lipinski definition) is 1. The molecule has 0 spiro atoms. The molecule has 3 aromatic rings. The monoisotopic (exact) mass is 353 g/mol. The molecular weight excluding hydrogens is 342 g/mol. The second kappa shape index (κ2) is 5.11. The van der Waals surface area contributed by atoms with E-state index in [0.717, 1.165) is 32.6 Å². The quantitative estimate of drug-likeness (QED) is 0.712. The molecule has 6 heteroatoms. The maximum atomic E-state index is 6.22.